The summed E-state index contributed by atoms with van der Waals surface area (Å²) in [5.41, 5.74) is 2.56. The fraction of sp³-hybridized carbons (Fsp3) is 0.625. The summed E-state index contributed by atoms with van der Waals surface area (Å²) in [5, 5.41) is 3.49. The molecule has 2 rings (SSSR count). The number of benzene rings is 1. The van der Waals surface area contributed by atoms with Crippen molar-refractivity contribution < 1.29 is 4.74 Å². The smallest absolute Gasteiger partial charge is 0.125 e. The zero-order valence-corrected chi connectivity index (χ0v) is 12.6. The van der Waals surface area contributed by atoms with E-state index in [9.17, 15) is 0 Å². The number of methoxy groups -OCH3 is 1. The van der Waals surface area contributed by atoms with E-state index in [1.54, 1.807) is 7.11 Å². The fourth-order valence-corrected chi connectivity index (χ4v) is 2.67. The van der Waals surface area contributed by atoms with Crippen LogP contribution < -0.4 is 15.0 Å². The maximum atomic E-state index is 5.56. The molecule has 1 unspecified atom stereocenters. The lowest BCUT2D eigenvalue weighted by molar-refractivity contribution is 0.402. The highest BCUT2D eigenvalue weighted by Crippen LogP contribution is 2.37. The molecule has 0 aromatic heterocycles. The zero-order chi connectivity index (χ0) is 13.8. The van der Waals surface area contributed by atoms with Gasteiger partial charge in [-0.25, -0.2) is 0 Å². The molecule has 1 aliphatic carbocycles. The lowest BCUT2D eigenvalue weighted by Crippen LogP contribution is -2.25. The second-order valence-electron chi connectivity index (χ2n) is 5.50. The molecule has 1 atom stereocenters. The maximum absolute atomic E-state index is 5.56. The second-order valence-corrected chi connectivity index (χ2v) is 5.50. The van der Waals surface area contributed by atoms with E-state index < -0.39 is 0 Å². The van der Waals surface area contributed by atoms with Gasteiger partial charge in [-0.05, 0) is 44.4 Å². The molecule has 1 saturated carbocycles. The molecule has 1 aromatic rings. The first kappa shape index (κ1) is 14.2. The molecule has 0 aliphatic heterocycles. The molecule has 0 amide bonds. The fourth-order valence-electron chi connectivity index (χ4n) is 2.67. The van der Waals surface area contributed by atoms with Crippen LogP contribution in [0, 0.1) is 5.92 Å². The molecule has 1 aliphatic rings. The number of hydrogen-bond donors (Lipinski definition) is 1. The number of hydrogen-bond acceptors (Lipinski definition) is 3. The van der Waals surface area contributed by atoms with Gasteiger partial charge in [0.25, 0.3) is 0 Å². The Morgan fingerprint density at radius 2 is 2.16 bits per heavy atom. The summed E-state index contributed by atoms with van der Waals surface area (Å²) in [7, 11) is 3.94. The van der Waals surface area contributed by atoms with Crippen molar-refractivity contribution in [2.24, 2.45) is 5.92 Å². The number of nitrogens with one attached hydrogen (secondary N) is 1. The molecule has 1 fully saturated rings. The van der Waals surface area contributed by atoms with Gasteiger partial charge in [0.1, 0.15) is 5.75 Å². The molecule has 19 heavy (non-hydrogen) atoms. The molecule has 0 radical (unpaired) electrons. The average Bonchev–Trinajstić information content (AvgIpc) is 3.21. The van der Waals surface area contributed by atoms with Gasteiger partial charge in [0, 0.05) is 30.9 Å². The van der Waals surface area contributed by atoms with Crippen LogP contribution in [0.1, 0.15) is 38.3 Å². The van der Waals surface area contributed by atoms with Crippen molar-refractivity contribution in [3.05, 3.63) is 23.8 Å². The molecule has 0 bridgehead atoms. The normalized spacial score (nSPS) is 16.2. The highest BCUT2D eigenvalue weighted by atomic mass is 16.5. The summed E-state index contributed by atoms with van der Waals surface area (Å²) >= 11 is 0. The van der Waals surface area contributed by atoms with Crippen LogP contribution in [0.25, 0.3) is 0 Å². The Kier molecular flexibility index (Phi) is 4.70. The minimum atomic E-state index is 0.304. The number of ether oxygens (including phenoxy) is 1. The third-order valence-corrected chi connectivity index (χ3v) is 3.85. The average molecular weight is 262 g/mol. The summed E-state index contributed by atoms with van der Waals surface area (Å²) in [5.74, 6) is 1.87. The molecule has 0 saturated heterocycles. The summed E-state index contributed by atoms with van der Waals surface area (Å²) in [4.78, 5) is 2.38. The van der Waals surface area contributed by atoms with Crippen molar-refractivity contribution in [3.63, 3.8) is 0 Å². The largest absolute Gasteiger partial charge is 0.496 e. The molecule has 3 nitrogen and oxygen atoms in total. The first-order valence-corrected chi connectivity index (χ1v) is 7.28. The Balaban J connectivity index is 2.28. The van der Waals surface area contributed by atoms with E-state index in [-0.39, 0.29) is 0 Å². The number of anilines is 1. The topological polar surface area (TPSA) is 24.5 Å². The first-order chi connectivity index (χ1) is 9.17. The van der Waals surface area contributed by atoms with Gasteiger partial charge in [0.2, 0.25) is 0 Å². The quantitative estimate of drug-likeness (QED) is 0.816. The van der Waals surface area contributed by atoms with Gasteiger partial charge in [-0.3, -0.25) is 0 Å². The van der Waals surface area contributed by atoms with Gasteiger partial charge in [-0.15, -0.1) is 0 Å². The predicted octanol–water partition coefficient (Wildman–Crippen LogP) is 3.21. The Bertz CT molecular complexity index is 415. The van der Waals surface area contributed by atoms with E-state index in [2.05, 4.69) is 49.3 Å². The lowest BCUT2D eigenvalue weighted by Gasteiger charge is -2.27. The van der Waals surface area contributed by atoms with Gasteiger partial charge >= 0.3 is 0 Å². The standard InChI is InChI=1S/C16H26N2O/c1-5-17-12(2)16-14(7-6-8-15(16)19-4)18(3)11-13-9-10-13/h6-8,12-13,17H,5,9-11H2,1-4H3. The minimum Gasteiger partial charge on any atom is -0.496 e. The van der Waals surface area contributed by atoms with E-state index in [4.69, 9.17) is 4.74 Å². The van der Waals surface area contributed by atoms with Crippen molar-refractivity contribution in [1.29, 1.82) is 0 Å². The van der Waals surface area contributed by atoms with Crippen molar-refractivity contribution in [2.75, 3.05) is 32.1 Å². The van der Waals surface area contributed by atoms with E-state index >= 15 is 0 Å². The highest BCUT2D eigenvalue weighted by molar-refractivity contribution is 5.60. The molecular weight excluding hydrogens is 236 g/mol. The zero-order valence-electron chi connectivity index (χ0n) is 12.6. The second kappa shape index (κ2) is 6.29. The van der Waals surface area contributed by atoms with E-state index in [0.717, 1.165) is 24.8 Å². The van der Waals surface area contributed by atoms with Gasteiger partial charge in [-0.1, -0.05) is 13.0 Å². The van der Waals surface area contributed by atoms with Crippen molar-refractivity contribution in [1.82, 2.24) is 5.32 Å². The maximum Gasteiger partial charge on any atom is 0.125 e. The van der Waals surface area contributed by atoms with Gasteiger partial charge in [-0.2, -0.15) is 0 Å². The Morgan fingerprint density at radius 3 is 2.74 bits per heavy atom. The van der Waals surface area contributed by atoms with Crippen LogP contribution >= 0.6 is 0 Å². The Hall–Kier alpha value is -1.22. The third-order valence-electron chi connectivity index (χ3n) is 3.85. The summed E-state index contributed by atoms with van der Waals surface area (Å²) in [6, 6.07) is 6.64. The SMILES string of the molecule is CCNC(C)c1c(OC)cccc1N(C)CC1CC1. The van der Waals surface area contributed by atoms with Crippen LogP contribution in [0.15, 0.2) is 18.2 Å². The molecular formula is C16H26N2O. The van der Waals surface area contributed by atoms with Crippen LogP contribution in [0.5, 0.6) is 5.75 Å². The highest BCUT2D eigenvalue weighted by Gasteiger charge is 2.25. The van der Waals surface area contributed by atoms with Crippen molar-refractivity contribution in [2.45, 2.75) is 32.7 Å². The molecule has 0 spiro atoms. The molecule has 0 heterocycles. The van der Waals surface area contributed by atoms with Gasteiger partial charge < -0.3 is 15.0 Å². The third kappa shape index (κ3) is 3.41. The monoisotopic (exact) mass is 262 g/mol. The lowest BCUT2D eigenvalue weighted by atomic mass is 10.0. The van der Waals surface area contributed by atoms with E-state index in [0.29, 0.717) is 6.04 Å². The van der Waals surface area contributed by atoms with Gasteiger partial charge in [0.15, 0.2) is 0 Å². The van der Waals surface area contributed by atoms with Crippen LogP contribution in [-0.2, 0) is 0 Å². The summed E-state index contributed by atoms with van der Waals surface area (Å²) < 4.78 is 5.56. The van der Waals surface area contributed by atoms with Crippen LogP contribution in [0.4, 0.5) is 5.69 Å². The van der Waals surface area contributed by atoms with Crippen molar-refractivity contribution in [3.8, 4) is 5.75 Å². The molecule has 3 heteroatoms. The van der Waals surface area contributed by atoms with Crippen LogP contribution in [0.3, 0.4) is 0 Å². The van der Waals surface area contributed by atoms with Gasteiger partial charge in [0.05, 0.1) is 7.11 Å². The molecule has 1 aromatic carbocycles. The summed E-state index contributed by atoms with van der Waals surface area (Å²) in [6.07, 6.45) is 2.76. The summed E-state index contributed by atoms with van der Waals surface area (Å²) in [6.45, 7) is 6.46. The molecule has 106 valence electrons. The van der Waals surface area contributed by atoms with Crippen LogP contribution in [0.2, 0.25) is 0 Å². The van der Waals surface area contributed by atoms with Crippen LogP contribution in [-0.4, -0.2) is 27.2 Å². The van der Waals surface area contributed by atoms with E-state index in [1.165, 1.54) is 24.1 Å². The predicted molar refractivity (Wildman–Crippen MR) is 81.1 cm³/mol. The molecule has 1 N–H and O–H groups in total. The van der Waals surface area contributed by atoms with E-state index in [1.807, 2.05) is 0 Å². The number of nitrogens with zero attached hydrogens (tertiary/aromatic N) is 1. The number of rotatable bonds is 7. The van der Waals surface area contributed by atoms with Crippen molar-refractivity contribution >= 4 is 5.69 Å². The first-order valence-electron chi connectivity index (χ1n) is 7.28. The minimum absolute atomic E-state index is 0.304. The Labute approximate surface area is 116 Å². The Morgan fingerprint density at radius 1 is 1.42 bits per heavy atom.